The number of esters is 1. The molecule has 0 aliphatic carbocycles. The zero-order chi connectivity index (χ0) is 23.4. The Balaban J connectivity index is 1.28. The number of hydrogen-bond donors (Lipinski definition) is 0. The number of thiophene rings is 1. The van der Waals surface area contributed by atoms with Crippen LogP contribution >= 0.6 is 11.3 Å². The van der Waals surface area contributed by atoms with Crippen LogP contribution in [0.3, 0.4) is 0 Å². The number of ether oxygens (including phenoxy) is 1. The van der Waals surface area contributed by atoms with Gasteiger partial charge < -0.3 is 13.7 Å². The van der Waals surface area contributed by atoms with Crippen molar-refractivity contribution in [2.45, 2.75) is 46.2 Å². The zero-order valence-electron chi connectivity index (χ0n) is 18.7. The lowest BCUT2D eigenvalue weighted by Crippen LogP contribution is -2.17. The number of carbonyl (C=O) groups excluding carboxylic acids is 2. The summed E-state index contributed by atoms with van der Waals surface area (Å²) in [5.74, 6) is -1.12. The van der Waals surface area contributed by atoms with Gasteiger partial charge in [-0.3, -0.25) is 14.2 Å². The number of rotatable bonds is 10. The molecule has 33 heavy (non-hydrogen) atoms. The van der Waals surface area contributed by atoms with Crippen LogP contribution < -0.4 is 5.76 Å². The highest BCUT2D eigenvalue weighted by Crippen LogP contribution is 2.18. The van der Waals surface area contributed by atoms with Crippen LogP contribution in [0.1, 0.15) is 39.5 Å². The maximum Gasteiger partial charge on any atom is 0.419 e. The van der Waals surface area contributed by atoms with Crippen molar-refractivity contribution in [2.75, 3.05) is 6.61 Å². The van der Waals surface area contributed by atoms with Crippen LogP contribution in [0.15, 0.2) is 57.1 Å². The van der Waals surface area contributed by atoms with E-state index >= 15 is 0 Å². The van der Waals surface area contributed by atoms with Gasteiger partial charge in [0.25, 0.3) is 0 Å². The molecule has 7 nitrogen and oxygen atoms in total. The number of aromatic nitrogens is 2. The van der Waals surface area contributed by atoms with Gasteiger partial charge in [-0.05, 0) is 56.3 Å². The minimum absolute atomic E-state index is 0.110. The number of benzene rings is 1. The van der Waals surface area contributed by atoms with Gasteiger partial charge in [-0.25, -0.2) is 4.79 Å². The fourth-order valence-corrected chi connectivity index (χ4v) is 4.71. The van der Waals surface area contributed by atoms with Crippen LogP contribution in [0.25, 0.3) is 11.1 Å². The summed E-state index contributed by atoms with van der Waals surface area (Å²) < 4.78 is 14.0. The highest BCUT2D eigenvalue weighted by molar-refractivity contribution is 7.09. The lowest BCUT2D eigenvalue weighted by atomic mass is 10.1. The van der Waals surface area contributed by atoms with Crippen molar-refractivity contribution in [3.63, 3.8) is 0 Å². The van der Waals surface area contributed by atoms with E-state index in [1.807, 2.05) is 32.0 Å². The van der Waals surface area contributed by atoms with Gasteiger partial charge in [-0.1, -0.05) is 18.2 Å². The van der Waals surface area contributed by atoms with Gasteiger partial charge in [-0.15, -0.1) is 11.3 Å². The summed E-state index contributed by atoms with van der Waals surface area (Å²) in [7, 11) is 0. The van der Waals surface area contributed by atoms with Gasteiger partial charge in [0.1, 0.15) is 0 Å². The number of aryl methyl sites for hydroxylation is 3. The molecular weight excluding hydrogens is 440 g/mol. The molecule has 3 heterocycles. The molecule has 0 saturated heterocycles. The summed E-state index contributed by atoms with van der Waals surface area (Å²) in [5, 5.41) is 2.06. The van der Waals surface area contributed by atoms with Crippen LogP contribution in [0.4, 0.5) is 0 Å². The van der Waals surface area contributed by atoms with Crippen molar-refractivity contribution in [3.05, 3.63) is 80.2 Å². The third kappa shape index (κ3) is 5.17. The minimum Gasteiger partial charge on any atom is -0.457 e. The highest BCUT2D eigenvalue weighted by Gasteiger charge is 2.18. The van der Waals surface area contributed by atoms with E-state index in [2.05, 4.69) is 16.0 Å². The molecule has 0 aliphatic rings. The third-order valence-electron chi connectivity index (χ3n) is 5.74. The predicted molar refractivity (Wildman–Crippen MR) is 127 cm³/mol. The molecule has 0 aliphatic heterocycles. The number of fused-ring (bicyclic) bond motifs is 1. The van der Waals surface area contributed by atoms with E-state index in [-0.39, 0.29) is 18.8 Å². The molecule has 1 aromatic carbocycles. The van der Waals surface area contributed by atoms with E-state index in [1.165, 1.54) is 9.44 Å². The summed E-state index contributed by atoms with van der Waals surface area (Å²) in [6.07, 6.45) is 1.43. The van der Waals surface area contributed by atoms with Crippen LogP contribution in [0.5, 0.6) is 0 Å². The first kappa shape index (κ1) is 22.8. The summed E-state index contributed by atoms with van der Waals surface area (Å²) in [6.45, 7) is 4.75. The first-order valence-electron chi connectivity index (χ1n) is 10.9. The van der Waals surface area contributed by atoms with Gasteiger partial charge >= 0.3 is 11.7 Å². The second kappa shape index (κ2) is 10.0. The topological polar surface area (TPSA) is 83.4 Å². The van der Waals surface area contributed by atoms with Crippen molar-refractivity contribution >= 4 is 34.2 Å². The van der Waals surface area contributed by atoms with Crippen molar-refractivity contribution in [1.29, 1.82) is 0 Å². The number of para-hydroxylation sites is 2. The summed E-state index contributed by atoms with van der Waals surface area (Å²) in [5.41, 5.74) is 3.69. The largest absolute Gasteiger partial charge is 0.457 e. The molecule has 4 aromatic rings. The Labute approximate surface area is 195 Å². The monoisotopic (exact) mass is 466 g/mol. The van der Waals surface area contributed by atoms with Crippen molar-refractivity contribution in [2.24, 2.45) is 0 Å². The van der Waals surface area contributed by atoms with E-state index in [4.69, 9.17) is 9.15 Å². The summed E-state index contributed by atoms with van der Waals surface area (Å²) in [6, 6.07) is 13.2. The van der Waals surface area contributed by atoms with Crippen molar-refractivity contribution in [1.82, 2.24) is 9.13 Å². The third-order valence-corrected chi connectivity index (χ3v) is 6.67. The fraction of sp³-hybridized carbons (Fsp3) is 0.320. The molecule has 8 heteroatoms. The fourth-order valence-electron chi connectivity index (χ4n) is 4.01. The molecular formula is C25H26N2O5S. The standard InChI is InChI=1S/C25H26N2O5S/c1-17-15-20(18(2)26(17)13-11-19-7-6-14-33-19)22(28)16-31-24(29)10-5-12-27-21-8-3-4-9-23(21)32-25(27)30/h3-4,6-9,14-15H,5,10-13,16H2,1-2H3. The van der Waals surface area contributed by atoms with Crippen LogP contribution in [0.2, 0.25) is 0 Å². The SMILES string of the molecule is Cc1cc(C(=O)COC(=O)CCCn2c(=O)oc3ccccc32)c(C)n1CCc1cccs1. The van der Waals surface area contributed by atoms with Gasteiger partial charge in [-0.2, -0.15) is 0 Å². The molecule has 0 amide bonds. The first-order valence-corrected chi connectivity index (χ1v) is 11.8. The molecule has 0 saturated carbocycles. The van der Waals surface area contributed by atoms with E-state index in [0.29, 0.717) is 29.6 Å². The molecule has 0 N–H and O–H groups in total. The smallest absolute Gasteiger partial charge is 0.419 e. The average molecular weight is 467 g/mol. The van der Waals surface area contributed by atoms with Crippen molar-refractivity contribution < 1.29 is 18.7 Å². The van der Waals surface area contributed by atoms with Crippen LogP contribution in [0, 0.1) is 13.8 Å². The molecule has 0 bridgehead atoms. The summed E-state index contributed by atoms with van der Waals surface area (Å²) >= 11 is 1.72. The normalized spacial score (nSPS) is 11.2. The molecule has 172 valence electrons. The first-order chi connectivity index (χ1) is 15.9. The molecule has 0 unspecified atom stereocenters. The molecule has 0 atom stereocenters. The molecule has 0 spiro atoms. The zero-order valence-corrected chi connectivity index (χ0v) is 19.5. The number of nitrogens with zero attached hydrogens (tertiary/aromatic N) is 2. The lowest BCUT2D eigenvalue weighted by molar-refractivity contribution is -0.142. The molecule has 4 rings (SSSR count). The van der Waals surface area contributed by atoms with E-state index in [0.717, 1.165) is 24.4 Å². The minimum atomic E-state index is -0.462. The molecule has 0 fully saturated rings. The number of Topliss-reactive ketones (excluding diaryl/α,β-unsaturated/α-hetero) is 1. The van der Waals surface area contributed by atoms with Crippen LogP contribution in [-0.4, -0.2) is 27.5 Å². The summed E-state index contributed by atoms with van der Waals surface area (Å²) in [4.78, 5) is 38.1. The highest BCUT2D eigenvalue weighted by atomic mass is 32.1. The van der Waals surface area contributed by atoms with Crippen LogP contribution in [-0.2, 0) is 29.0 Å². The molecule has 0 radical (unpaired) electrons. The Hall–Kier alpha value is -3.39. The Morgan fingerprint density at radius 3 is 2.67 bits per heavy atom. The number of carbonyl (C=O) groups is 2. The Kier molecular flexibility index (Phi) is 6.93. The van der Waals surface area contributed by atoms with Gasteiger partial charge in [0.05, 0.1) is 5.52 Å². The number of hydrogen-bond acceptors (Lipinski definition) is 6. The maximum absolute atomic E-state index is 12.7. The van der Waals surface area contributed by atoms with E-state index < -0.39 is 11.7 Å². The van der Waals surface area contributed by atoms with Gasteiger partial charge in [0, 0.05) is 41.3 Å². The Morgan fingerprint density at radius 1 is 1.06 bits per heavy atom. The number of oxazole rings is 1. The Bertz CT molecular complexity index is 1330. The lowest BCUT2D eigenvalue weighted by Gasteiger charge is -2.09. The average Bonchev–Trinajstić information content (AvgIpc) is 3.50. The Morgan fingerprint density at radius 2 is 1.88 bits per heavy atom. The maximum atomic E-state index is 12.7. The van der Waals surface area contributed by atoms with Crippen molar-refractivity contribution in [3.8, 4) is 0 Å². The van der Waals surface area contributed by atoms with E-state index in [1.54, 1.807) is 29.5 Å². The van der Waals surface area contributed by atoms with E-state index in [9.17, 15) is 14.4 Å². The second-order valence-electron chi connectivity index (χ2n) is 7.94. The predicted octanol–water partition coefficient (Wildman–Crippen LogP) is 4.52. The van der Waals surface area contributed by atoms with Gasteiger partial charge in [0.15, 0.2) is 12.2 Å². The second-order valence-corrected chi connectivity index (χ2v) is 8.97. The molecule has 3 aromatic heterocycles. The van der Waals surface area contributed by atoms with Gasteiger partial charge in [0.2, 0.25) is 5.78 Å². The quantitative estimate of drug-likeness (QED) is 0.253. The number of ketones is 1.